The van der Waals surface area contributed by atoms with E-state index in [1.807, 2.05) is 29.2 Å². The number of nitrogens with zero attached hydrogens (tertiary/aromatic N) is 3. The number of rotatable bonds is 5. The van der Waals surface area contributed by atoms with E-state index >= 15 is 0 Å². The van der Waals surface area contributed by atoms with Crippen LogP contribution in [-0.2, 0) is 6.42 Å². The summed E-state index contributed by atoms with van der Waals surface area (Å²) in [5.74, 6) is 5.72. The summed E-state index contributed by atoms with van der Waals surface area (Å²) in [6.07, 6.45) is 6.20. The quantitative estimate of drug-likeness (QED) is 0.654. The van der Waals surface area contributed by atoms with Crippen molar-refractivity contribution in [2.24, 2.45) is 5.84 Å². The third-order valence-corrected chi connectivity index (χ3v) is 3.58. The first-order valence-corrected chi connectivity index (χ1v) is 7.00. The molecular formula is C13H18BrN5. The second-order valence-electron chi connectivity index (χ2n) is 4.70. The predicted molar refractivity (Wildman–Crippen MR) is 78.3 cm³/mol. The van der Waals surface area contributed by atoms with Crippen LogP contribution >= 0.6 is 15.9 Å². The summed E-state index contributed by atoms with van der Waals surface area (Å²) in [5, 5.41) is 4.38. The molecule has 0 radical (unpaired) electrons. The Kier molecular flexibility index (Phi) is 4.68. The fraction of sp³-hybridized carbons (Fsp3) is 0.385. The monoisotopic (exact) mass is 323 g/mol. The summed E-state index contributed by atoms with van der Waals surface area (Å²) >= 11 is 3.55. The molecule has 1 unspecified atom stereocenters. The van der Waals surface area contributed by atoms with Crippen LogP contribution in [0.3, 0.4) is 0 Å². The lowest BCUT2D eigenvalue weighted by atomic mass is 10.1. The van der Waals surface area contributed by atoms with E-state index in [-0.39, 0.29) is 12.1 Å². The molecule has 0 aliphatic carbocycles. The van der Waals surface area contributed by atoms with Crippen molar-refractivity contribution in [1.29, 1.82) is 0 Å². The molecule has 2 heterocycles. The van der Waals surface area contributed by atoms with Crippen molar-refractivity contribution in [2.45, 2.75) is 32.4 Å². The first-order valence-electron chi connectivity index (χ1n) is 6.21. The molecule has 0 saturated carbocycles. The summed E-state index contributed by atoms with van der Waals surface area (Å²) in [6, 6.07) is 4.24. The van der Waals surface area contributed by atoms with Crippen molar-refractivity contribution >= 4 is 15.9 Å². The lowest BCUT2D eigenvalue weighted by Crippen LogP contribution is -2.32. The number of pyridine rings is 1. The number of nitrogens with one attached hydrogen (secondary N) is 1. The molecule has 0 aliphatic rings. The molecule has 0 aliphatic heterocycles. The average molecular weight is 324 g/mol. The molecule has 6 heteroatoms. The van der Waals surface area contributed by atoms with E-state index in [9.17, 15) is 0 Å². The lowest BCUT2D eigenvalue weighted by molar-refractivity contribution is 0.446. The summed E-state index contributed by atoms with van der Waals surface area (Å²) in [6.45, 7) is 4.20. The van der Waals surface area contributed by atoms with Crippen molar-refractivity contribution in [3.05, 3.63) is 46.5 Å². The molecular weight excluding hydrogens is 306 g/mol. The van der Waals surface area contributed by atoms with Gasteiger partial charge in [0.1, 0.15) is 0 Å². The van der Waals surface area contributed by atoms with Crippen LogP contribution in [0.1, 0.15) is 37.2 Å². The van der Waals surface area contributed by atoms with Crippen molar-refractivity contribution < 1.29 is 0 Å². The first-order chi connectivity index (χ1) is 9.13. The van der Waals surface area contributed by atoms with E-state index in [4.69, 9.17) is 5.84 Å². The van der Waals surface area contributed by atoms with Crippen LogP contribution in [0, 0.1) is 0 Å². The Bertz CT molecular complexity index is 523. The van der Waals surface area contributed by atoms with E-state index in [1.165, 1.54) is 0 Å². The second kappa shape index (κ2) is 6.27. The summed E-state index contributed by atoms with van der Waals surface area (Å²) in [7, 11) is 0. The third kappa shape index (κ3) is 3.20. The van der Waals surface area contributed by atoms with Crippen molar-refractivity contribution in [3.63, 3.8) is 0 Å². The fourth-order valence-electron chi connectivity index (χ4n) is 2.08. The van der Waals surface area contributed by atoms with Gasteiger partial charge < -0.3 is 0 Å². The fourth-order valence-corrected chi connectivity index (χ4v) is 2.63. The van der Waals surface area contributed by atoms with Gasteiger partial charge in [0, 0.05) is 18.4 Å². The Balaban J connectivity index is 2.29. The van der Waals surface area contributed by atoms with Crippen LogP contribution in [0.25, 0.3) is 0 Å². The minimum Gasteiger partial charge on any atom is -0.271 e. The van der Waals surface area contributed by atoms with Crippen molar-refractivity contribution in [1.82, 2.24) is 20.2 Å². The molecule has 0 saturated heterocycles. The van der Waals surface area contributed by atoms with Crippen LogP contribution in [0.5, 0.6) is 0 Å². The Hall–Kier alpha value is -1.24. The van der Waals surface area contributed by atoms with Gasteiger partial charge in [-0.1, -0.05) is 6.07 Å². The first kappa shape index (κ1) is 14.2. The topological polar surface area (TPSA) is 68.8 Å². The van der Waals surface area contributed by atoms with Gasteiger partial charge in [0.25, 0.3) is 0 Å². The molecule has 0 aromatic carbocycles. The van der Waals surface area contributed by atoms with E-state index in [0.717, 1.165) is 22.2 Å². The van der Waals surface area contributed by atoms with E-state index in [2.05, 4.69) is 45.3 Å². The van der Waals surface area contributed by atoms with Gasteiger partial charge in [0.05, 0.1) is 22.4 Å². The molecule has 5 nitrogen and oxygen atoms in total. The van der Waals surface area contributed by atoms with E-state index < -0.39 is 0 Å². The number of aromatic nitrogens is 3. The Morgan fingerprint density at radius 1 is 1.42 bits per heavy atom. The van der Waals surface area contributed by atoms with Crippen LogP contribution in [0.2, 0.25) is 0 Å². The maximum atomic E-state index is 5.72. The third-order valence-electron chi connectivity index (χ3n) is 2.97. The number of nitrogens with two attached hydrogens (primary N) is 1. The summed E-state index contributed by atoms with van der Waals surface area (Å²) in [5.41, 5.74) is 5.06. The van der Waals surface area contributed by atoms with E-state index in [1.54, 1.807) is 6.20 Å². The zero-order chi connectivity index (χ0) is 13.8. The van der Waals surface area contributed by atoms with Crippen LogP contribution in [0.15, 0.2) is 35.2 Å². The lowest BCUT2D eigenvalue weighted by Gasteiger charge is -2.20. The van der Waals surface area contributed by atoms with Gasteiger partial charge in [0.15, 0.2) is 0 Å². The minimum absolute atomic E-state index is 0.0107. The van der Waals surface area contributed by atoms with Crippen LogP contribution in [0.4, 0.5) is 0 Å². The van der Waals surface area contributed by atoms with Crippen molar-refractivity contribution in [2.75, 3.05) is 0 Å². The van der Waals surface area contributed by atoms with Crippen LogP contribution in [-0.4, -0.2) is 14.8 Å². The van der Waals surface area contributed by atoms with E-state index in [0.29, 0.717) is 0 Å². The average Bonchev–Trinajstić information content (AvgIpc) is 2.79. The van der Waals surface area contributed by atoms with Gasteiger partial charge in [-0.15, -0.1) is 0 Å². The molecule has 0 amide bonds. The largest absolute Gasteiger partial charge is 0.271 e. The number of hydrogen-bond donors (Lipinski definition) is 2. The van der Waals surface area contributed by atoms with Gasteiger partial charge >= 0.3 is 0 Å². The molecule has 0 bridgehead atoms. The maximum Gasteiger partial charge on any atom is 0.0715 e. The SMILES string of the molecule is CC(C)n1ncc(Br)c1C(Cc1cccnc1)NN. The molecule has 2 rings (SSSR count). The molecule has 0 spiro atoms. The van der Waals surface area contributed by atoms with Gasteiger partial charge in [-0.05, 0) is 47.8 Å². The number of halogens is 1. The predicted octanol–water partition coefficient (Wildman–Crippen LogP) is 2.37. The summed E-state index contributed by atoms with van der Waals surface area (Å²) < 4.78 is 2.94. The maximum absolute atomic E-state index is 5.72. The number of hydrogen-bond acceptors (Lipinski definition) is 4. The molecule has 2 aromatic heterocycles. The highest BCUT2D eigenvalue weighted by Crippen LogP contribution is 2.27. The molecule has 0 fully saturated rings. The normalized spacial score (nSPS) is 12.9. The number of hydrazine groups is 1. The summed E-state index contributed by atoms with van der Waals surface area (Å²) in [4.78, 5) is 4.13. The molecule has 1 atom stereocenters. The van der Waals surface area contributed by atoms with Crippen LogP contribution < -0.4 is 11.3 Å². The highest BCUT2D eigenvalue weighted by atomic mass is 79.9. The Morgan fingerprint density at radius 3 is 2.79 bits per heavy atom. The zero-order valence-electron chi connectivity index (χ0n) is 11.0. The highest BCUT2D eigenvalue weighted by molar-refractivity contribution is 9.10. The second-order valence-corrected chi connectivity index (χ2v) is 5.56. The Morgan fingerprint density at radius 2 is 2.21 bits per heavy atom. The zero-order valence-corrected chi connectivity index (χ0v) is 12.6. The minimum atomic E-state index is -0.0107. The van der Waals surface area contributed by atoms with Gasteiger partial charge in [-0.2, -0.15) is 5.10 Å². The molecule has 2 aromatic rings. The molecule has 102 valence electrons. The standard InChI is InChI=1S/C13H18BrN5/c1-9(2)19-13(11(14)8-17-19)12(18-15)6-10-4-3-5-16-7-10/h3-5,7-9,12,18H,6,15H2,1-2H3. The smallest absolute Gasteiger partial charge is 0.0715 e. The van der Waals surface area contributed by atoms with Gasteiger partial charge in [-0.3, -0.25) is 20.9 Å². The van der Waals surface area contributed by atoms with Crippen molar-refractivity contribution in [3.8, 4) is 0 Å². The Labute approximate surface area is 121 Å². The van der Waals surface area contributed by atoms with Gasteiger partial charge in [-0.25, -0.2) is 0 Å². The van der Waals surface area contributed by atoms with Gasteiger partial charge in [0.2, 0.25) is 0 Å². The highest BCUT2D eigenvalue weighted by Gasteiger charge is 2.20. The molecule has 3 N–H and O–H groups in total. The molecule has 19 heavy (non-hydrogen) atoms.